The van der Waals surface area contributed by atoms with E-state index in [2.05, 4.69) is 39.0 Å². The van der Waals surface area contributed by atoms with Gasteiger partial charge in [0.25, 0.3) is 0 Å². The lowest BCUT2D eigenvalue weighted by molar-refractivity contribution is 0.0697. The van der Waals surface area contributed by atoms with Crippen molar-refractivity contribution in [3.05, 3.63) is 83.6 Å². The molecule has 0 spiro atoms. The van der Waals surface area contributed by atoms with E-state index in [1.807, 2.05) is 31.2 Å². The van der Waals surface area contributed by atoms with Crippen molar-refractivity contribution >= 4 is 11.8 Å². The van der Waals surface area contributed by atoms with Gasteiger partial charge in [-0.3, -0.25) is 4.90 Å². The van der Waals surface area contributed by atoms with Crippen LogP contribution in [0.15, 0.2) is 66.9 Å². The standard InChI is InChI=1S/C26H29N3O4/c1-2-32-22-8-10-23(11-9-22)33-19-21-6-3-5-20(17-21)18-28-13-15-29(16-14-28)25-24(26(30)31)7-4-12-27-25/h3-12,17H,2,13-16,18-19H2,1H3,(H,30,31). The van der Waals surface area contributed by atoms with E-state index < -0.39 is 5.97 Å². The van der Waals surface area contributed by atoms with Crippen LogP contribution in [0.2, 0.25) is 0 Å². The fourth-order valence-electron chi connectivity index (χ4n) is 3.98. The molecule has 1 fully saturated rings. The maximum atomic E-state index is 11.5. The zero-order valence-corrected chi connectivity index (χ0v) is 18.8. The van der Waals surface area contributed by atoms with Gasteiger partial charge >= 0.3 is 5.97 Å². The molecule has 1 N–H and O–H groups in total. The fourth-order valence-corrected chi connectivity index (χ4v) is 3.98. The van der Waals surface area contributed by atoms with Gasteiger partial charge in [-0.05, 0) is 54.4 Å². The highest BCUT2D eigenvalue weighted by Gasteiger charge is 2.22. The van der Waals surface area contributed by atoms with Gasteiger partial charge in [0.1, 0.15) is 29.5 Å². The number of aromatic nitrogens is 1. The molecule has 33 heavy (non-hydrogen) atoms. The van der Waals surface area contributed by atoms with Gasteiger partial charge in [-0.15, -0.1) is 0 Å². The van der Waals surface area contributed by atoms with Crippen LogP contribution in [0.4, 0.5) is 5.82 Å². The van der Waals surface area contributed by atoms with E-state index in [0.29, 0.717) is 19.0 Å². The molecule has 1 aromatic heterocycles. The molecule has 0 bridgehead atoms. The summed E-state index contributed by atoms with van der Waals surface area (Å²) in [7, 11) is 0. The molecule has 172 valence electrons. The SMILES string of the molecule is CCOc1ccc(OCc2cccc(CN3CCN(c4ncccc4C(=O)O)CC3)c2)cc1. The van der Waals surface area contributed by atoms with Gasteiger partial charge in [-0.1, -0.05) is 24.3 Å². The molecule has 3 aromatic rings. The second-order valence-corrected chi connectivity index (χ2v) is 7.96. The summed E-state index contributed by atoms with van der Waals surface area (Å²) < 4.78 is 11.4. The molecule has 2 aromatic carbocycles. The molecule has 1 saturated heterocycles. The van der Waals surface area contributed by atoms with Crippen LogP contribution in [-0.2, 0) is 13.2 Å². The predicted molar refractivity (Wildman–Crippen MR) is 127 cm³/mol. The number of anilines is 1. The van der Waals surface area contributed by atoms with Crippen molar-refractivity contribution in [2.24, 2.45) is 0 Å². The Morgan fingerprint density at radius 3 is 2.33 bits per heavy atom. The average Bonchev–Trinajstić information content (AvgIpc) is 2.84. The minimum atomic E-state index is -0.940. The summed E-state index contributed by atoms with van der Waals surface area (Å²) in [5.41, 5.74) is 2.62. The van der Waals surface area contributed by atoms with Crippen LogP contribution in [0.1, 0.15) is 28.4 Å². The first-order valence-electron chi connectivity index (χ1n) is 11.2. The number of pyridine rings is 1. The van der Waals surface area contributed by atoms with Gasteiger partial charge in [-0.2, -0.15) is 0 Å². The van der Waals surface area contributed by atoms with Gasteiger partial charge in [0.15, 0.2) is 0 Å². The lowest BCUT2D eigenvalue weighted by atomic mass is 10.1. The maximum absolute atomic E-state index is 11.5. The van der Waals surface area contributed by atoms with Gasteiger partial charge in [0, 0.05) is 38.9 Å². The Morgan fingerprint density at radius 2 is 1.64 bits per heavy atom. The Hall–Kier alpha value is -3.58. The van der Waals surface area contributed by atoms with E-state index in [1.165, 1.54) is 5.56 Å². The minimum absolute atomic E-state index is 0.256. The normalized spacial score (nSPS) is 14.2. The zero-order chi connectivity index (χ0) is 23.0. The number of aromatic carboxylic acids is 1. The highest BCUT2D eigenvalue weighted by atomic mass is 16.5. The van der Waals surface area contributed by atoms with Crippen LogP contribution in [-0.4, -0.2) is 53.7 Å². The Morgan fingerprint density at radius 1 is 0.939 bits per heavy atom. The lowest BCUT2D eigenvalue weighted by Gasteiger charge is -2.35. The molecule has 0 aliphatic carbocycles. The number of hydrogen-bond donors (Lipinski definition) is 1. The molecule has 0 amide bonds. The van der Waals surface area contributed by atoms with Gasteiger partial charge in [-0.25, -0.2) is 9.78 Å². The fraction of sp³-hybridized carbons (Fsp3) is 0.308. The third kappa shape index (κ3) is 6.02. The molecule has 7 nitrogen and oxygen atoms in total. The number of carboxylic acid groups (broad SMARTS) is 1. The van der Waals surface area contributed by atoms with Crippen LogP contribution >= 0.6 is 0 Å². The van der Waals surface area contributed by atoms with Crippen molar-refractivity contribution < 1.29 is 19.4 Å². The van der Waals surface area contributed by atoms with Crippen molar-refractivity contribution in [1.29, 1.82) is 0 Å². The molecule has 1 aliphatic heterocycles. The van der Waals surface area contributed by atoms with Crippen molar-refractivity contribution in [3.8, 4) is 11.5 Å². The molecule has 1 aliphatic rings. The van der Waals surface area contributed by atoms with Gasteiger partial charge in [0.2, 0.25) is 0 Å². The molecular weight excluding hydrogens is 418 g/mol. The van der Waals surface area contributed by atoms with E-state index in [4.69, 9.17) is 9.47 Å². The van der Waals surface area contributed by atoms with E-state index in [0.717, 1.165) is 49.8 Å². The zero-order valence-electron chi connectivity index (χ0n) is 18.8. The van der Waals surface area contributed by atoms with Crippen LogP contribution in [0.25, 0.3) is 0 Å². The molecule has 0 unspecified atom stereocenters. The van der Waals surface area contributed by atoms with E-state index >= 15 is 0 Å². The summed E-state index contributed by atoms with van der Waals surface area (Å²) in [5, 5.41) is 9.43. The Balaban J connectivity index is 1.30. The average molecular weight is 448 g/mol. The third-order valence-corrected chi connectivity index (χ3v) is 5.63. The smallest absolute Gasteiger partial charge is 0.339 e. The van der Waals surface area contributed by atoms with Crippen LogP contribution in [0, 0.1) is 0 Å². The van der Waals surface area contributed by atoms with Crippen molar-refractivity contribution in [2.75, 3.05) is 37.7 Å². The van der Waals surface area contributed by atoms with Gasteiger partial charge < -0.3 is 19.5 Å². The topological polar surface area (TPSA) is 75.1 Å². The van der Waals surface area contributed by atoms with Crippen molar-refractivity contribution in [1.82, 2.24) is 9.88 Å². The van der Waals surface area contributed by atoms with E-state index in [-0.39, 0.29) is 5.56 Å². The Kier molecular flexibility index (Phi) is 7.42. The Bertz CT molecular complexity index is 1060. The van der Waals surface area contributed by atoms with Crippen LogP contribution in [0.3, 0.4) is 0 Å². The Labute approximate surface area is 194 Å². The first-order chi connectivity index (χ1) is 16.1. The monoisotopic (exact) mass is 447 g/mol. The quantitative estimate of drug-likeness (QED) is 0.530. The number of hydrogen-bond acceptors (Lipinski definition) is 6. The van der Waals surface area contributed by atoms with Crippen LogP contribution in [0.5, 0.6) is 11.5 Å². The summed E-state index contributed by atoms with van der Waals surface area (Å²) in [4.78, 5) is 20.2. The number of carbonyl (C=O) groups is 1. The number of rotatable bonds is 9. The van der Waals surface area contributed by atoms with Gasteiger partial charge in [0.05, 0.1) is 6.61 Å². The summed E-state index contributed by atoms with van der Waals surface area (Å²) in [6, 6.07) is 19.4. The third-order valence-electron chi connectivity index (χ3n) is 5.63. The summed E-state index contributed by atoms with van der Waals surface area (Å²) in [5.74, 6) is 1.27. The first-order valence-corrected chi connectivity index (χ1v) is 11.2. The molecule has 0 radical (unpaired) electrons. The highest BCUT2D eigenvalue weighted by Crippen LogP contribution is 2.21. The molecule has 0 saturated carbocycles. The first kappa shape index (κ1) is 22.6. The van der Waals surface area contributed by atoms with E-state index in [9.17, 15) is 9.90 Å². The number of piperazine rings is 1. The summed E-state index contributed by atoms with van der Waals surface area (Å²) in [6.45, 7) is 7.16. The maximum Gasteiger partial charge on any atom is 0.339 e. The number of benzene rings is 2. The lowest BCUT2D eigenvalue weighted by Crippen LogP contribution is -2.46. The van der Waals surface area contributed by atoms with Crippen molar-refractivity contribution in [3.63, 3.8) is 0 Å². The minimum Gasteiger partial charge on any atom is -0.494 e. The second-order valence-electron chi connectivity index (χ2n) is 7.96. The highest BCUT2D eigenvalue weighted by molar-refractivity contribution is 5.93. The van der Waals surface area contributed by atoms with E-state index in [1.54, 1.807) is 18.3 Å². The molecule has 7 heteroatoms. The molecule has 0 atom stereocenters. The van der Waals surface area contributed by atoms with Crippen molar-refractivity contribution in [2.45, 2.75) is 20.1 Å². The number of nitrogens with zero attached hydrogens (tertiary/aromatic N) is 3. The van der Waals surface area contributed by atoms with Crippen LogP contribution < -0.4 is 14.4 Å². The molecule has 2 heterocycles. The molecule has 4 rings (SSSR count). The molecular formula is C26H29N3O4. The summed E-state index contributed by atoms with van der Waals surface area (Å²) >= 11 is 0. The number of ether oxygens (including phenoxy) is 2. The summed E-state index contributed by atoms with van der Waals surface area (Å²) in [6.07, 6.45) is 1.65. The second kappa shape index (κ2) is 10.8. The largest absolute Gasteiger partial charge is 0.494 e. The number of carboxylic acids is 1. The predicted octanol–water partition coefficient (Wildman–Crippen LogP) is 4.08.